The van der Waals surface area contributed by atoms with Crippen LogP contribution in [-0.4, -0.2) is 12.2 Å². The third-order valence-corrected chi connectivity index (χ3v) is 2.73. The molecule has 2 aromatic carbocycles. The number of benzene rings is 2. The maximum Gasteiger partial charge on any atom is 0.129 e. The molecule has 100 valence electrons. The number of hydrogen-bond donors (Lipinski definition) is 1. The number of aliphatic hydroxyl groups is 1. The fourth-order valence-corrected chi connectivity index (χ4v) is 1.71. The first kappa shape index (κ1) is 13.4. The van der Waals surface area contributed by atoms with E-state index in [9.17, 15) is 9.50 Å². The maximum atomic E-state index is 13.0. The molecule has 0 aromatic heterocycles. The van der Waals surface area contributed by atoms with Gasteiger partial charge >= 0.3 is 0 Å². The van der Waals surface area contributed by atoms with Crippen molar-refractivity contribution in [3.8, 4) is 11.5 Å². The minimum atomic E-state index is -0.297. The molecular formula is C15H15FO3. The van der Waals surface area contributed by atoms with Crippen LogP contribution < -0.4 is 9.47 Å². The molecule has 0 atom stereocenters. The van der Waals surface area contributed by atoms with E-state index in [0.29, 0.717) is 17.1 Å². The maximum absolute atomic E-state index is 13.0. The summed E-state index contributed by atoms with van der Waals surface area (Å²) in [6.07, 6.45) is 0. The molecule has 0 fully saturated rings. The second-order valence-electron chi connectivity index (χ2n) is 4.05. The highest BCUT2D eigenvalue weighted by Gasteiger charge is 2.06. The van der Waals surface area contributed by atoms with Gasteiger partial charge in [-0.15, -0.1) is 0 Å². The van der Waals surface area contributed by atoms with Crippen molar-refractivity contribution >= 4 is 0 Å². The summed E-state index contributed by atoms with van der Waals surface area (Å²) in [6.45, 7) is 0.112. The van der Waals surface area contributed by atoms with Gasteiger partial charge in [-0.25, -0.2) is 4.39 Å². The molecule has 0 saturated carbocycles. The van der Waals surface area contributed by atoms with Gasteiger partial charge in [-0.1, -0.05) is 12.1 Å². The Bertz CT molecular complexity index is 555. The van der Waals surface area contributed by atoms with Crippen LogP contribution in [0.15, 0.2) is 42.5 Å². The number of halogens is 1. The zero-order valence-electron chi connectivity index (χ0n) is 10.6. The molecule has 2 aromatic rings. The van der Waals surface area contributed by atoms with Crippen molar-refractivity contribution in [2.24, 2.45) is 0 Å². The van der Waals surface area contributed by atoms with Crippen LogP contribution in [0.1, 0.15) is 11.1 Å². The second-order valence-corrected chi connectivity index (χ2v) is 4.05. The molecule has 0 amide bonds. The molecule has 19 heavy (non-hydrogen) atoms. The normalized spacial score (nSPS) is 10.3. The lowest BCUT2D eigenvalue weighted by atomic mass is 10.2. The summed E-state index contributed by atoms with van der Waals surface area (Å²) in [7, 11) is 1.56. The molecule has 0 aliphatic heterocycles. The molecule has 0 saturated heterocycles. The predicted octanol–water partition coefficient (Wildman–Crippen LogP) is 2.91. The Kier molecular flexibility index (Phi) is 4.36. The van der Waals surface area contributed by atoms with E-state index in [1.165, 1.54) is 12.1 Å². The van der Waals surface area contributed by atoms with Gasteiger partial charge in [0, 0.05) is 11.6 Å². The summed E-state index contributed by atoms with van der Waals surface area (Å²) < 4.78 is 23.8. The summed E-state index contributed by atoms with van der Waals surface area (Å²) in [5, 5.41) is 9.24. The molecule has 0 aliphatic rings. The Hall–Kier alpha value is -2.07. The van der Waals surface area contributed by atoms with Crippen LogP contribution in [-0.2, 0) is 13.2 Å². The Balaban J connectivity index is 2.14. The van der Waals surface area contributed by atoms with Gasteiger partial charge < -0.3 is 14.6 Å². The molecule has 0 unspecified atom stereocenters. The summed E-state index contributed by atoms with van der Waals surface area (Å²) >= 11 is 0. The fourth-order valence-electron chi connectivity index (χ4n) is 1.71. The summed E-state index contributed by atoms with van der Waals surface area (Å²) in [6, 6.07) is 11.4. The van der Waals surface area contributed by atoms with E-state index >= 15 is 0 Å². The lowest BCUT2D eigenvalue weighted by Crippen LogP contribution is -1.99. The number of rotatable bonds is 5. The first-order valence-electron chi connectivity index (χ1n) is 5.88. The fraction of sp³-hybridized carbons (Fsp3) is 0.200. The average Bonchev–Trinajstić information content (AvgIpc) is 2.45. The van der Waals surface area contributed by atoms with Gasteiger partial charge in [0.15, 0.2) is 0 Å². The van der Waals surface area contributed by atoms with Crippen LogP contribution in [0.3, 0.4) is 0 Å². The molecule has 0 radical (unpaired) electrons. The van der Waals surface area contributed by atoms with E-state index in [-0.39, 0.29) is 19.0 Å². The van der Waals surface area contributed by atoms with Crippen molar-refractivity contribution in [2.75, 3.05) is 7.11 Å². The van der Waals surface area contributed by atoms with Crippen molar-refractivity contribution in [1.82, 2.24) is 0 Å². The highest BCUT2D eigenvalue weighted by Crippen LogP contribution is 2.25. The van der Waals surface area contributed by atoms with Crippen molar-refractivity contribution in [2.45, 2.75) is 13.2 Å². The molecule has 2 rings (SSSR count). The third-order valence-electron chi connectivity index (χ3n) is 2.73. The van der Waals surface area contributed by atoms with Crippen molar-refractivity contribution in [3.05, 3.63) is 59.4 Å². The van der Waals surface area contributed by atoms with Gasteiger partial charge in [0.2, 0.25) is 0 Å². The van der Waals surface area contributed by atoms with Gasteiger partial charge in [-0.2, -0.15) is 0 Å². The predicted molar refractivity (Wildman–Crippen MR) is 69.6 cm³/mol. The molecule has 0 heterocycles. The van der Waals surface area contributed by atoms with Crippen LogP contribution in [0.25, 0.3) is 0 Å². The van der Waals surface area contributed by atoms with Crippen LogP contribution in [0.4, 0.5) is 4.39 Å². The quantitative estimate of drug-likeness (QED) is 0.900. The Morgan fingerprint density at radius 3 is 2.68 bits per heavy atom. The smallest absolute Gasteiger partial charge is 0.129 e. The second kappa shape index (κ2) is 6.20. The van der Waals surface area contributed by atoms with Crippen LogP contribution in [0.5, 0.6) is 11.5 Å². The average molecular weight is 262 g/mol. The zero-order valence-corrected chi connectivity index (χ0v) is 10.6. The number of aliphatic hydroxyl groups excluding tert-OH is 1. The van der Waals surface area contributed by atoms with Crippen LogP contribution >= 0.6 is 0 Å². The number of hydrogen-bond acceptors (Lipinski definition) is 3. The summed E-state index contributed by atoms with van der Waals surface area (Å²) in [5.74, 6) is 0.881. The van der Waals surface area contributed by atoms with E-state index in [0.717, 1.165) is 5.56 Å². The van der Waals surface area contributed by atoms with Crippen LogP contribution in [0, 0.1) is 5.82 Å². The minimum absolute atomic E-state index is 0.123. The number of methoxy groups -OCH3 is 1. The van der Waals surface area contributed by atoms with Gasteiger partial charge in [0.1, 0.15) is 23.9 Å². The first-order valence-corrected chi connectivity index (χ1v) is 5.88. The molecule has 0 spiro atoms. The highest BCUT2D eigenvalue weighted by atomic mass is 19.1. The molecule has 3 nitrogen and oxygen atoms in total. The number of ether oxygens (including phenoxy) is 2. The summed E-state index contributed by atoms with van der Waals surface area (Å²) in [4.78, 5) is 0. The molecule has 4 heteroatoms. The standard InChI is InChI=1S/C15H15FO3/c1-18-14-6-5-12(9-17)15(8-14)19-10-11-3-2-4-13(16)7-11/h2-8,17H,9-10H2,1H3. The topological polar surface area (TPSA) is 38.7 Å². The van der Waals surface area contributed by atoms with E-state index in [2.05, 4.69) is 0 Å². The Labute approximate surface area is 111 Å². The lowest BCUT2D eigenvalue weighted by Gasteiger charge is -2.11. The molecule has 0 aliphatic carbocycles. The van der Waals surface area contributed by atoms with E-state index < -0.39 is 0 Å². The van der Waals surface area contributed by atoms with Gasteiger partial charge in [-0.3, -0.25) is 0 Å². The largest absolute Gasteiger partial charge is 0.497 e. The zero-order chi connectivity index (χ0) is 13.7. The summed E-state index contributed by atoms with van der Waals surface area (Å²) in [5.41, 5.74) is 1.39. The Morgan fingerprint density at radius 1 is 1.16 bits per heavy atom. The monoisotopic (exact) mass is 262 g/mol. The lowest BCUT2D eigenvalue weighted by molar-refractivity contribution is 0.258. The van der Waals surface area contributed by atoms with Gasteiger partial charge in [-0.05, 0) is 29.8 Å². The van der Waals surface area contributed by atoms with Crippen LogP contribution in [0.2, 0.25) is 0 Å². The van der Waals surface area contributed by atoms with Crippen molar-refractivity contribution in [1.29, 1.82) is 0 Å². The van der Waals surface area contributed by atoms with E-state index in [4.69, 9.17) is 9.47 Å². The van der Waals surface area contributed by atoms with E-state index in [1.807, 2.05) is 0 Å². The highest BCUT2D eigenvalue weighted by molar-refractivity contribution is 5.40. The van der Waals surface area contributed by atoms with Gasteiger partial charge in [0.05, 0.1) is 13.7 Å². The molecular weight excluding hydrogens is 247 g/mol. The molecule has 1 N–H and O–H groups in total. The van der Waals surface area contributed by atoms with Crippen molar-refractivity contribution < 1.29 is 19.0 Å². The first-order chi connectivity index (χ1) is 9.22. The van der Waals surface area contributed by atoms with E-state index in [1.54, 1.807) is 37.4 Å². The van der Waals surface area contributed by atoms with Crippen molar-refractivity contribution in [3.63, 3.8) is 0 Å². The Morgan fingerprint density at radius 2 is 2.00 bits per heavy atom. The minimum Gasteiger partial charge on any atom is -0.497 e. The third kappa shape index (κ3) is 3.45. The van der Waals surface area contributed by atoms with Gasteiger partial charge in [0.25, 0.3) is 0 Å². The SMILES string of the molecule is COc1ccc(CO)c(OCc2cccc(F)c2)c1. The molecule has 0 bridgehead atoms.